The van der Waals surface area contributed by atoms with Gasteiger partial charge in [0, 0.05) is 18.0 Å². The standard InChI is InChI=1S/C11H21NO3/c1-11(2,3)10(15)7-9(14)8-12(4)5-6-13/h7,13,15H,5-6,8H2,1-4H3/b10-7-. The Morgan fingerprint density at radius 1 is 1.40 bits per heavy atom. The van der Waals surface area contributed by atoms with E-state index in [1.165, 1.54) is 6.08 Å². The van der Waals surface area contributed by atoms with Crippen molar-refractivity contribution in [1.82, 2.24) is 4.90 Å². The molecule has 0 fully saturated rings. The van der Waals surface area contributed by atoms with Crippen LogP contribution in [0.25, 0.3) is 0 Å². The van der Waals surface area contributed by atoms with E-state index in [-0.39, 0.29) is 24.7 Å². The van der Waals surface area contributed by atoms with Crippen LogP contribution in [0.1, 0.15) is 20.8 Å². The highest BCUT2D eigenvalue weighted by atomic mass is 16.3. The third-order valence-electron chi connectivity index (χ3n) is 1.97. The first-order valence-electron chi connectivity index (χ1n) is 5.00. The number of aliphatic hydroxyl groups is 2. The fourth-order valence-electron chi connectivity index (χ4n) is 0.930. The summed E-state index contributed by atoms with van der Waals surface area (Å²) in [6.07, 6.45) is 1.26. The van der Waals surface area contributed by atoms with Gasteiger partial charge in [-0.2, -0.15) is 0 Å². The minimum atomic E-state index is -0.398. The van der Waals surface area contributed by atoms with E-state index in [2.05, 4.69) is 0 Å². The molecule has 0 aliphatic carbocycles. The van der Waals surface area contributed by atoms with E-state index in [1.807, 2.05) is 20.8 Å². The summed E-state index contributed by atoms with van der Waals surface area (Å²) in [5.74, 6) is -0.0664. The number of aliphatic hydroxyl groups excluding tert-OH is 2. The van der Waals surface area contributed by atoms with Gasteiger partial charge < -0.3 is 10.2 Å². The molecule has 88 valence electrons. The highest BCUT2D eigenvalue weighted by molar-refractivity contribution is 5.91. The van der Waals surface area contributed by atoms with Crippen molar-refractivity contribution in [3.63, 3.8) is 0 Å². The van der Waals surface area contributed by atoms with Crippen LogP contribution in [-0.2, 0) is 4.79 Å². The van der Waals surface area contributed by atoms with Gasteiger partial charge in [-0.25, -0.2) is 0 Å². The van der Waals surface area contributed by atoms with Gasteiger partial charge in [0.2, 0.25) is 0 Å². The van der Waals surface area contributed by atoms with E-state index >= 15 is 0 Å². The second-order valence-electron chi connectivity index (χ2n) is 4.71. The topological polar surface area (TPSA) is 60.8 Å². The number of ketones is 1. The predicted octanol–water partition coefficient (Wildman–Crippen LogP) is 0.968. The Labute approximate surface area is 91.2 Å². The van der Waals surface area contributed by atoms with Gasteiger partial charge in [0.25, 0.3) is 0 Å². The Morgan fingerprint density at radius 3 is 2.33 bits per heavy atom. The Morgan fingerprint density at radius 2 is 1.93 bits per heavy atom. The fraction of sp³-hybridized carbons (Fsp3) is 0.727. The molecule has 0 saturated heterocycles. The van der Waals surface area contributed by atoms with Crippen LogP contribution in [0.2, 0.25) is 0 Å². The van der Waals surface area contributed by atoms with Crippen molar-refractivity contribution >= 4 is 5.78 Å². The maximum atomic E-state index is 11.4. The van der Waals surface area contributed by atoms with E-state index in [1.54, 1.807) is 11.9 Å². The molecule has 4 heteroatoms. The lowest BCUT2D eigenvalue weighted by Crippen LogP contribution is -2.28. The van der Waals surface area contributed by atoms with E-state index in [4.69, 9.17) is 5.11 Å². The highest BCUT2D eigenvalue weighted by Crippen LogP contribution is 2.22. The van der Waals surface area contributed by atoms with E-state index in [0.29, 0.717) is 6.54 Å². The zero-order valence-electron chi connectivity index (χ0n) is 9.95. The Balaban J connectivity index is 4.25. The van der Waals surface area contributed by atoms with E-state index in [9.17, 15) is 9.90 Å². The lowest BCUT2D eigenvalue weighted by atomic mass is 9.93. The first kappa shape index (κ1) is 14.1. The molecule has 0 spiro atoms. The molecule has 4 nitrogen and oxygen atoms in total. The van der Waals surface area contributed by atoms with Crippen LogP contribution in [0.15, 0.2) is 11.8 Å². The van der Waals surface area contributed by atoms with Crippen LogP contribution in [0.4, 0.5) is 0 Å². The Bertz CT molecular complexity index is 241. The summed E-state index contributed by atoms with van der Waals surface area (Å²) in [6.45, 7) is 6.20. The first-order chi connectivity index (χ1) is 6.77. The quantitative estimate of drug-likeness (QED) is 0.530. The molecule has 0 radical (unpaired) electrons. The molecule has 0 unspecified atom stereocenters. The number of nitrogens with zero attached hydrogens (tertiary/aromatic N) is 1. The third kappa shape index (κ3) is 6.25. The average Bonchev–Trinajstić information content (AvgIpc) is 2.01. The molecule has 0 aromatic rings. The molecular formula is C11H21NO3. The number of rotatable bonds is 5. The molecule has 0 aliphatic rings. The normalized spacial score (nSPS) is 13.3. The van der Waals surface area contributed by atoms with Crippen LogP contribution < -0.4 is 0 Å². The molecule has 0 heterocycles. The monoisotopic (exact) mass is 215 g/mol. The summed E-state index contributed by atoms with van der Waals surface area (Å²) < 4.78 is 0. The zero-order chi connectivity index (χ0) is 12.1. The number of hydrogen-bond donors (Lipinski definition) is 2. The molecule has 2 N–H and O–H groups in total. The zero-order valence-corrected chi connectivity index (χ0v) is 9.95. The molecule has 0 aliphatic heterocycles. The minimum Gasteiger partial charge on any atom is -0.512 e. The third-order valence-corrected chi connectivity index (χ3v) is 1.97. The SMILES string of the molecule is CN(CCO)CC(=O)/C=C(\O)C(C)(C)C. The maximum Gasteiger partial charge on any atom is 0.172 e. The lowest BCUT2D eigenvalue weighted by molar-refractivity contribution is -0.115. The molecular weight excluding hydrogens is 194 g/mol. The molecule has 0 aromatic carbocycles. The van der Waals surface area contributed by atoms with Crippen LogP contribution in [0, 0.1) is 5.41 Å². The summed E-state index contributed by atoms with van der Waals surface area (Å²) in [4.78, 5) is 13.1. The summed E-state index contributed by atoms with van der Waals surface area (Å²) in [7, 11) is 1.75. The second-order valence-corrected chi connectivity index (χ2v) is 4.71. The van der Waals surface area contributed by atoms with Gasteiger partial charge in [0.15, 0.2) is 5.78 Å². The number of carbonyl (C=O) groups is 1. The molecule has 0 amide bonds. The summed E-state index contributed by atoms with van der Waals surface area (Å²) >= 11 is 0. The summed E-state index contributed by atoms with van der Waals surface area (Å²) in [5.41, 5.74) is -0.398. The van der Waals surface area contributed by atoms with E-state index in [0.717, 1.165) is 0 Å². The van der Waals surface area contributed by atoms with Gasteiger partial charge in [-0.1, -0.05) is 20.8 Å². The number of hydrogen-bond acceptors (Lipinski definition) is 4. The van der Waals surface area contributed by atoms with Crippen molar-refractivity contribution in [3.05, 3.63) is 11.8 Å². The molecule has 0 atom stereocenters. The van der Waals surface area contributed by atoms with Gasteiger partial charge in [0.1, 0.15) is 5.76 Å². The van der Waals surface area contributed by atoms with Gasteiger partial charge in [-0.15, -0.1) is 0 Å². The Kier molecular flexibility index (Phi) is 5.54. The summed E-state index contributed by atoms with van der Waals surface area (Å²) in [6, 6.07) is 0. The van der Waals surface area contributed by atoms with Gasteiger partial charge in [-0.3, -0.25) is 9.69 Å². The van der Waals surface area contributed by atoms with Crippen LogP contribution >= 0.6 is 0 Å². The molecule has 0 rings (SSSR count). The average molecular weight is 215 g/mol. The molecule has 0 aromatic heterocycles. The van der Waals surface area contributed by atoms with Crippen molar-refractivity contribution in [2.24, 2.45) is 5.41 Å². The van der Waals surface area contributed by atoms with Crippen molar-refractivity contribution < 1.29 is 15.0 Å². The van der Waals surface area contributed by atoms with Crippen molar-refractivity contribution in [3.8, 4) is 0 Å². The van der Waals surface area contributed by atoms with Gasteiger partial charge in [0.05, 0.1) is 13.2 Å². The van der Waals surface area contributed by atoms with Gasteiger partial charge >= 0.3 is 0 Å². The number of carbonyl (C=O) groups excluding carboxylic acids is 1. The fourth-order valence-corrected chi connectivity index (χ4v) is 0.930. The van der Waals surface area contributed by atoms with Crippen molar-refractivity contribution in [2.45, 2.75) is 20.8 Å². The van der Waals surface area contributed by atoms with Crippen LogP contribution in [0.3, 0.4) is 0 Å². The van der Waals surface area contributed by atoms with E-state index < -0.39 is 5.41 Å². The van der Waals surface area contributed by atoms with Crippen molar-refractivity contribution in [2.75, 3.05) is 26.7 Å². The van der Waals surface area contributed by atoms with Gasteiger partial charge in [-0.05, 0) is 7.05 Å². The molecule has 0 bridgehead atoms. The first-order valence-corrected chi connectivity index (χ1v) is 5.00. The smallest absolute Gasteiger partial charge is 0.172 e. The summed E-state index contributed by atoms with van der Waals surface area (Å²) in [5, 5.41) is 18.2. The lowest BCUT2D eigenvalue weighted by Gasteiger charge is -2.18. The second kappa shape index (κ2) is 5.88. The van der Waals surface area contributed by atoms with Crippen LogP contribution in [-0.4, -0.2) is 47.6 Å². The maximum absolute atomic E-state index is 11.4. The predicted molar refractivity (Wildman–Crippen MR) is 59.8 cm³/mol. The number of likely N-dealkylation sites (N-methyl/N-ethyl adjacent to an activating group) is 1. The highest BCUT2D eigenvalue weighted by Gasteiger charge is 2.17. The largest absolute Gasteiger partial charge is 0.512 e. The van der Waals surface area contributed by atoms with Crippen molar-refractivity contribution in [1.29, 1.82) is 0 Å². The van der Waals surface area contributed by atoms with Crippen LogP contribution in [0.5, 0.6) is 0 Å². The number of allylic oxidation sites excluding steroid dienone is 1. The molecule has 15 heavy (non-hydrogen) atoms. The molecule has 0 saturated carbocycles. The Hall–Kier alpha value is -0.870. The minimum absolute atomic E-state index is 0.0265.